The largest absolute Gasteiger partial charge is 0.382 e. The molecule has 2 aromatic carbocycles. The van der Waals surface area contributed by atoms with Gasteiger partial charge in [0.15, 0.2) is 0 Å². The molecule has 28 heavy (non-hydrogen) atoms. The van der Waals surface area contributed by atoms with E-state index in [0.29, 0.717) is 44.0 Å². The zero-order valence-corrected chi connectivity index (χ0v) is 16.1. The van der Waals surface area contributed by atoms with Crippen molar-refractivity contribution in [3.63, 3.8) is 0 Å². The number of imide groups is 1. The van der Waals surface area contributed by atoms with Crippen molar-refractivity contribution >= 4 is 23.1 Å². The Kier molecular flexibility index (Phi) is 5.26. The monoisotopic (exact) mass is 376 g/mol. The van der Waals surface area contributed by atoms with Gasteiger partial charge in [-0.1, -0.05) is 48.5 Å². The summed E-state index contributed by atoms with van der Waals surface area (Å²) in [5, 5.41) is 0. The molecule has 2 aromatic rings. The van der Waals surface area contributed by atoms with E-state index >= 15 is 0 Å². The summed E-state index contributed by atoms with van der Waals surface area (Å²) in [7, 11) is 0. The molecular weight excluding hydrogens is 352 g/mol. The van der Waals surface area contributed by atoms with Crippen molar-refractivity contribution in [3.05, 3.63) is 71.4 Å². The van der Waals surface area contributed by atoms with Gasteiger partial charge in [0, 0.05) is 32.0 Å². The Labute approximate surface area is 165 Å². The van der Waals surface area contributed by atoms with Crippen LogP contribution in [0.25, 0.3) is 5.57 Å². The summed E-state index contributed by atoms with van der Waals surface area (Å²) in [6, 6.07) is 17.6. The van der Waals surface area contributed by atoms with Crippen molar-refractivity contribution in [1.82, 2.24) is 4.90 Å². The van der Waals surface area contributed by atoms with Crippen LogP contribution >= 0.6 is 0 Å². The molecule has 0 bridgehead atoms. The third-order valence-electron chi connectivity index (χ3n) is 5.24. The van der Waals surface area contributed by atoms with Crippen LogP contribution in [-0.4, -0.2) is 43.0 Å². The molecule has 0 atom stereocenters. The zero-order valence-electron chi connectivity index (χ0n) is 16.1. The fourth-order valence-corrected chi connectivity index (χ4v) is 3.92. The van der Waals surface area contributed by atoms with Crippen molar-refractivity contribution in [2.45, 2.75) is 19.8 Å². The summed E-state index contributed by atoms with van der Waals surface area (Å²) in [5.41, 5.74) is 4.00. The molecule has 0 aromatic heterocycles. The molecule has 2 heterocycles. The summed E-state index contributed by atoms with van der Waals surface area (Å²) in [4.78, 5) is 30.0. The molecule has 0 radical (unpaired) electrons. The van der Waals surface area contributed by atoms with E-state index in [1.54, 1.807) is 0 Å². The Morgan fingerprint density at radius 2 is 1.71 bits per heavy atom. The zero-order chi connectivity index (χ0) is 19.5. The minimum atomic E-state index is -0.216. The average Bonchev–Trinajstić information content (AvgIpc) is 3.25. The van der Waals surface area contributed by atoms with E-state index in [1.165, 1.54) is 10.5 Å². The van der Waals surface area contributed by atoms with E-state index in [0.717, 1.165) is 17.7 Å². The topological polar surface area (TPSA) is 49.9 Å². The molecule has 0 N–H and O–H groups in total. The van der Waals surface area contributed by atoms with Gasteiger partial charge < -0.3 is 9.64 Å². The molecule has 4 rings (SSSR count). The molecule has 2 amide bonds. The maximum absolute atomic E-state index is 13.3. The van der Waals surface area contributed by atoms with Gasteiger partial charge in [0.25, 0.3) is 11.8 Å². The van der Waals surface area contributed by atoms with Crippen LogP contribution in [-0.2, 0) is 20.7 Å². The Balaban J connectivity index is 1.72. The Hall–Kier alpha value is -2.92. The van der Waals surface area contributed by atoms with E-state index in [-0.39, 0.29) is 11.8 Å². The van der Waals surface area contributed by atoms with Crippen LogP contribution in [0.2, 0.25) is 0 Å². The fourth-order valence-electron chi connectivity index (χ4n) is 3.92. The normalized spacial score (nSPS) is 16.3. The maximum atomic E-state index is 13.3. The predicted molar refractivity (Wildman–Crippen MR) is 109 cm³/mol. The van der Waals surface area contributed by atoms with Crippen LogP contribution in [0.1, 0.15) is 24.5 Å². The number of para-hydroxylation sites is 1. The molecule has 0 saturated heterocycles. The third kappa shape index (κ3) is 3.22. The third-order valence-corrected chi connectivity index (χ3v) is 5.24. The SMILES string of the molecule is CCOCCCN1C(=O)C(c2ccccc2)=C(N2CCc3ccccc32)C1=O. The molecule has 2 aliphatic heterocycles. The Morgan fingerprint density at radius 1 is 0.964 bits per heavy atom. The van der Waals surface area contributed by atoms with Gasteiger partial charge in [0.05, 0.1) is 5.57 Å². The molecule has 5 heteroatoms. The van der Waals surface area contributed by atoms with E-state index < -0.39 is 0 Å². The van der Waals surface area contributed by atoms with Crippen LogP contribution < -0.4 is 4.90 Å². The highest BCUT2D eigenvalue weighted by Crippen LogP contribution is 2.38. The molecular formula is C23H24N2O3. The van der Waals surface area contributed by atoms with Crippen LogP contribution in [0.15, 0.2) is 60.3 Å². The van der Waals surface area contributed by atoms with Gasteiger partial charge in [-0.3, -0.25) is 14.5 Å². The highest BCUT2D eigenvalue weighted by atomic mass is 16.5. The van der Waals surface area contributed by atoms with E-state index in [4.69, 9.17) is 4.74 Å². The number of rotatable bonds is 7. The van der Waals surface area contributed by atoms with E-state index in [1.807, 2.05) is 60.4 Å². The summed E-state index contributed by atoms with van der Waals surface area (Å²) in [6.45, 7) is 4.18. The second-order valence-electron chi connectivity index (χ2n) is 6.93. The number of ether oxygens (including phenoxy) is 1. The standard InChI is InChI=1S/C23H24N2O3/c1-2-28-16-8-14-25-22(26)20(18-10-4-3-5-11-18)21(23(25)27)24-15-13-17-9-6-7-12-19(17)24/h3-7,9-12H,2,8,13-16H2,1H3. The molecule has 0 unspecified atom stereocenters. The average molecular weight is 376 g/mol. The number of carbonyl (C=O) groups is 2. The number of anilines is 1. The van der Waals surface area contributed by atoms with Crippen molar-refractivity contribution in [2.24, 2.45) is 0 Å². The van der Waals surface area contributed by atoms with Crippen molar-refractivity contribution in [3.8, 4) is 0 Å². The molecule has 0 spiro atoms. The summed E-state index contributed by atoms with van der Waals surface area (Å²) < 4.78 is 5.38. The minimum Gasteiger partial charge on any atom is -0.382 e. The lowest BCUT2D eigenvalue weighted by Crippen LogP contribution is -2.36. The van der Waals surface area contributed by atoms with Gasteiger partial charge >= 0.3 is 0 Å². The summed E-state index contributed by atoms with van der Waals surface area (Å²) in [5.74, 6) is -0.427. The Morgan fingerprint density at radius 3 is 2.50 bits per heavy atom. The van der Waals surface area contributed by atoms with E-state index in [2.05, 4.69) is 6.07 Å². The second kappa shape index (κ2) is 7.98. The van der Waals surface area contributed by atoms with Crippen LogP contribution in [0, 0.1) is 0 Å². The second-order valence-corrected chi connectivity index (χ2v) is 6.93. The first-order valence-corrected chi connectivity index (χ1v) is 9.81. The maximum Gasteiger partial charge on any atom is 0.278 e. The quantitative estimate of drug-likeness (QED) is 0.550. The van der Waals surface area contributed by atoms with Crippen LogP contribution in [0.3, 0.4) is 0 Å². The number of fused-ring (bicyclic) bond motifs is 1. The predicted octanol–water partition coefficient (Wildman–Crippen LogP) is 3.26. The lowest BCUT2D eigenvalue weighted by molar-refractivity contribution is -0.137. The van der Waals surface area contributed by atoms with Gasteiger partial charge in [-0.2, -0.15) is 0 Å². The lowest BCUT2D eigenvalue weighted by Gasteiger charge is -2.21. The first-order valence-electron chi connectivity index (χ1n) is 9.81. The first kappa shape index (κ1) is 18.4. The van der Waals surface area contributed by atoms with E-state index in [9.17, 15) is 9.59 Å². The summed E-state index contributed by atoms with van der Waals surface area (Å²) in [6.07, 6.45) is 1.50. The van der Waals surface area contributed by atoms with Crippen molar-refractivity contribution in [2.75, 3.05) is 31.2 Å². The number of amides is 2. The van der Waals surface area contributed by atoms with Gasteiger partial charge in [-0.25, -0.2) is 0 Å². The highest BCUT2D eigenvalue weighted by molar-refractivity contribution is 6.36. The number of hydrogen-bond acceptors (Lipinski definition) is 4. The smallest absolute Gasteiger partial charge is 0.278 e. The number of carbonyl (C=O) groups excluding carboxylic acids is 2. The molecule has 2 aliphatic rings. The number of nitrogens with zero attached hydrogens (tertiary/aromatic N) is 2. The van der Waals surface area contributed by atoms with Gasteiger partial charge in [-0.15, -0.1) is 0 Å². The van der Waals surface area contributed by atoms with Crippen LogP contribution in [0.4, 0.5) is 5.69 Å². The molecule has 0 saturated carbocycles. The van der Waals surface area contributed by atoms with Crippen LogP contribution in [0.5, 0.6) is 0 Å². The highest BCUT2D eigenvalue weighted by Gasteiger charge is 2.42. The lowest BCUT2D eigenvalue weighted by atomic mass is 10.0. The number of benzene rings is 2. The Bertz CT molecular complexity index is 920. The molecule has 0 fully saturated rings. The summed E-state index contributed by atoms with van der Waals surface area (Å²) >= 11 is 0. The molecule has 5 nitrogen and oxygen atoms in total. The molecule has 0 aliphatic carbocycles. The number of hydrogen-bond donors (Lipinski definition) is 0. The van der Waals surface area contributed by atoms with Crippen molar-refractivity contribution < 1.29 is 14.3 Å². The fraction of sp³-hybridized carbons (Fsp3) is 0.304. The first-order chi connectivity index (χ1) is 13.7. The molecule has 144 valence electrons. The van der Waals surface area contributed by atoms with Crippen molar-refractivity contribution in [1.29, 1.82) is 0 Å². The van der Waals surface area contributed by atoms with Gasteiger partial charge in [0.2, 0.25) is 0 Å². The minimum absolute atomic E-state index is 0.211. The van der Waals surface area contributed by atoms with Gasteiger partial charge in [0.1, 0.15) is 5.70 Å². The van der Waals surface area contributed by atoms with Gasteiger partial charge in [-0.05, 0) is 37.0 Å².